The van der Waals surface area contributed by atoms with Gasteiger partial charge in [0.1, 0.15) is 0 Å². The summed E-state index contributed by atoms with van der Waals surface area (Å²) >= 11 is 0. The summed E-state index contributed by atoms with van der Waals surface area (Å²) in [6.45, 7) is 0. The summed E-state index contributed by atoms with van der Waals surface area (Å²) in [5.74, 6) is -1.06. The van der Waals surface area contributed by atoms with Crippen molar-refractivity contribution >= 4 is 5.97 Å². The molecule has 0 saturated carbocycles. The number of carboxylic acids is 1. The molecular weight excluding hydrogens is 122 g/mol. The Morgan fingerprint density at radius 3 is 2.56 bits per heavy atom. The van der Waals surface area contributed by atoms with Gasteiger partial charge >= 0.3 is 5.97 Å². The molecule has 1 rings (SSSR count). The fourth-order valence-electron chi connectivity index (χ4n) is 0.400. The second-order valence-corrected chi connectivity index (χ2v) is 1.28. The number of carboxylic acid groups (broad SMARTS) is 1. The first-order chi connectivity index (χ1) is 3.80. The van der Waals surface area contributed by atoms with Crippen LogP contribution in [0.15, 0.2) is 22.8 Å². The summed E-state index contributed by atoms with van der Waals surface area (Å²) < 4.78 is 4.50. The van der Waals surface area contributed by atoms with E-state index in [4.69, 9.17) is 5.11 Å². The number of carbonyl (C=O) groups is 1. The fraction of sp³-hybridized carbons (Fsp3) is 0. The average Bonchev–Trinajstić information content (AvgIpc) is 2.12. The van der Waals surface area contributed by atoms with E-state index < -0.39 is 5.97 Å². The van der Waals surface area contributed by atoms with Crippen LogP contribution in [0.1, 0.15) is 10.6 Å². The Morgan fingerprint density at radius 1 is 1.67 bits per heavy atom. The zero-order valence-corrected chi connectivity index (χ0v) is 4.70. The Morgan fingerprint density at radius 2 is 2.33 bits per heavy atom. The van der Waals surface area contributed by atoms with Gasteiger partial charge in [-0.05, 0) is 12.1 Å². The van der Waals surface area contributed by atoms with Crippen molar-refractivity contribution in [1.29, 1.82) is 0 Å². The van der Waals surface area contributed by atoms with E-state index in [1.165, 1.54) is 18.4 Å². The maximum atomic E-state index is 9.97. The minimum atomic E-state index is -1.03. The van der Waals surface area contributed by atoms with Crippen LogP contribution in [0, 0.1) is 0 Å². The molecular formula is C5H7NO3. The first-order valence-corrected chi connectivity index (χ1v) is 2.07. The Balaban J connectivity index is 0.000000640. The molecule has 0 aliphatic heterocycles. The van der Waals surface area contributed by atoms with E-state index in [9.17, 15) is 4.79 Å². The third-order valence-electron chi connectivity index (χ3n) is 0.732. The summed E-state index contributed by atoms with van der Waals surface area (Å²) in [6.07, 6.45) is 1.32. The molecule has 4 nitrogen and oxygen atoms in total. The first kappa shape index (κ1) is 7.71. The van der Waals surface area contributed by atoms with Gasteiger partial charge < -0.3 is 15.7 Å². The van der Waals surface area contributed by atoms with Gasteiger partial charge in [-0.25, -0.2) is 4.79 Å². The minimum absolute atomic E-state index is 0. The monoisotopic (exact) mass is 129 g/mol. The molecule has 4 heteroatoms. The Kier molecular flexibility index (Phi) is 2.47. The number of furan rings is 1. The zero-order valence-electron chi connectivity index (χ0n) is 4.70. The summed E-state index contributed by atoms with van der Waals surface area (Å²) in [7, 11) is 0. The van der Waals surface area contributed by atoms with Gasteiger partial charge in [-0.2, -0.15) is 0 Å². The van der Waals surface area contributed by atoms with E-state index in [-0.39, 0.29) is 11.9 Å². The molecule has 0 aliphatic carbocycles. The van der Waals surface area contributed by atoms with Crippen molar-refractivity contribution in [3.05, 3.63) is 24.2 Å². The molecule has 1 aromatic heterocycles. The number of rotatable bonds is 1. The molecule has 1 heterocycles. The highest BCUT2D eigenvalue weighted by molar-refractivity contribution is 5.84. The average molecular weight is 129 g/mol. The van der Waals surface area contributed by atoms with Gasteiger partial charge in [-0.1, -0.05) is 0 Å². The molecule has 9 heavy (non-hydrogen) atoms. The van der Waals surface area contributed by atoms with Crippen LogP contribution in [0.25, 0.3) is 0 Å². The van der Waals surface area contributed by atoms with Crippen molar-refractivity contribution in [3.63, 3.8) is 0 Å². The smallest absolute Gasteiger partial charge is 0.371 e. The molecule has 0 radical (unpaired) electrons. The van der Waals surface area contributed by atoms with Crippen molar-refractivity contribution in [3.8, 4) is 0 Å². The molecule has 0 spiro atoms. The van der Waals surface area contributed by atoms with Gasteiger partial charge in [-0.15, -0.1) is 0 Å². The van der Waals surface area contributed by atoms with Crippen molar-refractivity contribution in [2.75, 3.05) is 0 Å². The van der Waals surface area contributed by atoms with E-state index in [0.29, 0.717) is 0 Å². The fourth-order valence-corrected chi connectivity index (χ4v) is 0.400. The van der Waals surface area contributed by atoms with Crippen molar-refractivity contribution < 1.29 is 14.3 Å². The van der Waals surface area contributed by atoms with Crippen LogP contribution in [0.4, 0.5) is 0 Å². The third kappa shape index (κ3) is 1.58. The van der Waals surface area contributed by atoms with Crippen LogP contribution in [-0.4, -0.2) is 11.1 Å². The topological polar surface area (TPSA) is 85.4 Å². The molecule has 50 valence electrons. The van der Waals surface area contributed by atoms with Crippen molar-refractivity contribution in [2.45, 2.75) is 0 Å². The second-order valence-electron chi connectivity index (χ2n) is 1.28. The van der Waals surface area contributed by atoms with Gasteiger partial charge in [-0.3, -0.25) is 0 Å². The molecule has 0 aliphatic rings. The highest BCUT2D eigenvalue weighted by atomic mass is 16.4. The lowest BCUT2D eigenvalue weighted by molar-refractivity contribution is 0.0662. The SMILES string of the molecule is N.O=C(O)c1ccco1. The van der Waals surface area contributed by atoms with Crippen LogP contribution in [0.2, 0.25) is 0 Å². The Labute approximate surface area is 51.7 Å². The van der Waals surface area contributed by atoms with Gasteiger partial charge in [0.2, 0.25) is 5.76 Å². The van der Waals surface area contributed by atoms with E-state index in [1.54, 1.807) is 0 Å². The van der Waals surface area contributed by atoms with Crippen LogP contribution >= 0.6 is 0 Å². The summed E-state index contributed by atoms with van der Waals surface area (Å²) in [5.41, 5.74) is 0. The van der Waals surface area contributed by atoms with Crippen molar-refractivity contribution in [2.24, 2.45) is 0 Å². The highest BCUT2D eigenvalue weighted by Gasteiger charge is 2.01. The van der Waals surface area contributed by atoms with E-state index in [0.717, 1.165) is 0 Å². The number of hydrogen-bond acceptors (Lipinski definition) is 3. The second kappa shape index (κ2) is 2.88. The molecule has 0 saturated heterocycles. The normalized spacial score (nSPS) is 8.00. The Bertz CT molecular complexity index is 180. The minimum Gasteiger partial charge on any atom is -0.475 e. The van der Waals surface area contributed by atoms with Crippen LogP contribution < -0.4 is 6.15 Å². The lowest BCUT2D eigenvalue weighted by atomic mass is 10.5. The molecule has 0 bridgehead atoms. The number of hydrogen-bond donors (Lipinski definition) is 2. The molecule has 0 unspecified atom stereocenters. The van der Waals surface area contributed by atoms with Gasteiger partial charge in [0.05, 0.1) is 6.26 Å². The van der Waals surface area contributed by atoms with Gasteiger partial charge in [0, 0.05) is 0 Å². The third-order valence-corrected chi connectivity index (χ3v) is 0.732. The Hall–Kier alpha value is -1.29. The van der Waals surface area contributed by atoms with Crippen molar-refractivity contribution in [1.82, 2.24) is 6.15 Å². The van der Waals surface area contributed by atoms with E-state index >= 15 is 0 Å². The molecule has 0 atom stereocenters. The summed E-state index contributed by atoms with van der Waals surface area (Å²) in [4.78, 5) is 9.97. The molecule has 0 amide bonds. The summed E-state index contributed by atoms with van der Waals surface area (Å²) in [5, 5.41) is 8.18. The van der Waals surface area contributed by atoms with E-state index in [1.807, 2.05) is 0 Å². The number of aromatic carboxylic acids is 1. The van der Waals surface area contributed by atoms with Gasteiger partial charge in [0.25, 0.3) is 0 Å². The first-order valence-electron chi connectivity index (χ1n) is 2.07. The highest BCUT2D eigenvalue weighted by Crippen LogP contribution is 1.97. The lowest BCUT2D eigenvalue weighted by Gasteiger charge is -1.79. The van der Waals surface area contributed by atoms with E-state index in [2.05, 4.69) is 4.42 Å². The molecule has 1 aromatic rings. The predicted molar refractivity (Wildman–Crippen MR) is 30.7 cm³/mol. The van der Waals surface area contributed by atoms with Gasteiger partial charge in [0.15, 0.2) is 0 Å². The summed E-state index contributed by atoms with van der Waals surface area (Å²) in [6, 6.07) is 2.92. The predicted octanol–water partition coefficient (Wildman–Crippen LogP) is 1.14. The standard InChI is InChI=1S/C5H4O3.H3N/c6-5(7)4-2-1-3-8-4;/h1-3H,(H,6,7);1H3. The maximum Gasteiger partial charge on any atom is 0.371 e. The van der Waals surface area contributed by atoms with Crippen LogP contribution in [0.5, 0.6) is 0 Å². The largest absolute Gasteiger partial charge is 0.475 e. The maximum absolute atomic E-state index is 9.97. The zero-order chi connectivity index (χ0) is 5.98. The molecule has 0 fully saturated rings. The lowest BCUT2D eigenvalue weighted by Crippen LogP contribution is -1.90. The quantitative estimate of drug-likeness (QED) is 0.595. The van der Waals surface area contributed by atoms with Crippen LogP contribution in [-0.2, 0) is 0 Å². The molecule has 4 N–H and O–H groups in total. The van der Waals surface area contributed by atoms with Crippen LogP contribution in [0.3, 0.4) is 0 Å². The molecule has 0 aromatic carbocycles.